The zero-order chi connectivity index (χ0) is 20.5. The number of esters is 1. The van der Waals surface area contributed by atoms with Crippen LogP contribution in [0.2, 0.25) is 0 Å². The van der Waals surface area contributed by atoms with Gasteiger partial charge in [0.15, 0.2) is 6.10 Å². The number of nitrogens with zero attached hydrogens (tertiary/aromatic N) is 1. The first-order valence-corrected chi connectivity index (χ1v) is 8.56. The van der Waals surface area contributed by atoms with Crippen molar-refractivity contribution in [1.82, 2.24) is 0 Å². The van der Waals surface area contributed by atoms with E-state index in [0.717, 1.165) is 0 Å². The molecule has 1 atom stereocenters. The van der Waals surface area contributed by atoms with Gasteiger partial charge in [0, 0.05) is 29.5 Å². The van der Waals surface area contributed by atoms with E-state index in [9.17, 15) is 19.7 Å². The van der Waals surface area contributed by atoms with E-state index in [2.05, 4.69) is 5.32 Å². The normalized spacial score (nSPS) is 11.6. The molecule has 8 heteroatoms. The van der Waals surface area contributed by atoms with Gasteiger partial charge in [0.1, 0.15) is 5.75 Å². The molecular formula is C20H20N2O6. The van der Waals surface area contributed by atoms with Crippen LogP contribution in [0.1, 0.15) is 19.4 Å². The van der Waals surface area contributed by atoms with Gasteiger partial charge in [-0.15, -0.1) is 0 Å². The average Bonchev–Trinajstić information content (AvgIpc) is 2.68. The van der Waals surface area contributed by atoms with Crippen LogP contribution in [0.4, 0.5) is 11.4 Å². The van der Waals surface area contributed by atoms with Gasteiger partial charge >= 0.3 is 5.97 Å². The number of amides is 1. The fourth-order valence-corrected chi connectivity index (χ4v) is 2.24. The van der Waals surface area contributed by atoms with Crippen molar-refractivity contribution in [2.24, 2.45) is 0 Å². The summed E-state index contributed by atoms with van der Waals surface area (Å²) in [7, 11) is 0. The molecule has 0 saturated heterocycles. The fourth-order valence-electron chi connectivity index (χ4n) is 2.24. The third kappa shape index (κ3) is 5.94. The summed E-state index contributed by atoms with van der Waals surface area (Å²) in [4.78, 5) is 34.2. The van der Waals surface area contributed by atoms with Crippen molar-refractivity contribution in [3.8, 4) is 5.75 Å². The van der Waals surface area contributed by atoms with Crippen LogP contribution < -0.4 is 10.1 Å². The molecule has 1 amide bonds. The molecule has 0 aromatic heterocycles. The maximum absolute atomic E-state index is 12.1. The Hall–Kier alpha value is -3.68. The lowest BCUT2D eigenvalue weighted by atomic mass is 10.2. The Labute approximate surface area is 161 Å². The number of hydrogen-bond acceptors (Lipinski definition) is 6. The van der Waals surface area contributed by atoms with Crippen molar-refractivity contribution in [2.75, 3.05) is 11.9 Å². The number of nitro benzene ring substituents is 1. The summed E-state index contributed by atoms with van der Waals surface area (Å²) < 4.78 is 10.5. The second kappa shape index (κ2) is 9.86. The Balaban J connectivity index is 1.92. The van der Waals surface area contributed by atoms with Gasteiger partial charge in [-0.2, -0.15) is 0 Å². The number of benzene rings is 2. The molecule has 1 unspecified atom stereocenters. The summed E-state index contributed by atoms with van der Waals surface area (Å²) in [5.41, 5.74) is 0.985. The van der Waals surface area contributed by atoms with E-state index in [-0.39, 0.29) is 5.69 Å². The number of hydrogen-bond donors (Lipinski definition) is 1. The van der Waals surface area contributed by atoms with Gasteiger partial charge in [0.2, 0.25) is 0 Å². The number of anilines is 1. The van der Waals surface area contributed by atoms with Gasteiger partial charge in [-0.25, -0.2) is 4.79 Å². The molecule has 0 radical (unpaired) electrons. The molecule has 2 aromatic rings. The first-order valence-electron chi connectivity index (χ1n) is 8.56. The average molecular weight is 384 g/mol. The standard InChI is InChI=1S/C20H20N2O6/c1-3-27-18-7-5-4-6-15(18)8-13-19(23)28-14(2)20(24)21-16-9-11-17(12-10-16)22(25)26/h4-14H,3H2,1-2H3,(H,21,24)/b13-8+. The zero-order valence-electron chi connectivity index (χ0n) is 15.5. The molecule has 1 N–H and O–H groups in total. The highest BCUT2D eigenvalue weighted by atomic mass is 16.6. The molecule has 0 aliphatic heterocycles. The second-order valence-corrected chi connectivity index (χ2v) is 5.68. The van der Waals surface area contributed by atoms with E-state index < -0.39 is 22.9 Å². The monoisotopic (exact) mass is 384 g/mol. The van der Waals surface area contributed by atoms with Crippen molar-refractivity contribution in [2.45, 2.75) is 20.0 Å². The first-order chi connectivity index (χ1) is 13.4. The van der Waals surface area contributed by atoms with Crippen LogP contribution in [0.15, 0.2) is 54.6 Å². The largest absolute Gasteiger partial charge is 0.493 e. The minimum Gasteiger partial charge on any atom is -0.493 e. The molecule has 146 valence electrons. The Kier molecular flexibility index (Phi) is 7.27. The number of ether oxygens (including phenoxy) is 2. The van der Waals surface area contributed by atoms with Crippen LogP contribution in [0, 0.1) is 10.1 Å². The van der Waals surface area contributed by atoms with Gasteiger partial charge in [-0.1, -0.05) is 18.2 Å². The van der Waals surface area contributed by atoms with Crippen molar-refractivity contribution in [3.63, 3.8) is 0 Å². The van der Waals surface area contributed by atoms with Crippen molar-refractivity contribution in [3.05, 3.63) is 70.3 Å². The maximum Gasteiger partial charge on any atom is 0.331 e. The van der Waals surface area contributed by atoms with E-state index in [0.29, 0.717) is 23.6 Å². The quantitative estimate of drug-likeness (QED) is 0.323. The molecule has 0 heterocycles. The molecular weight excluding hydrogens is 364 g/mol. The van der Waals surface area contributed by atoms with Crippen LogP contribution in [0.3, 0.4) is 0 Å². The smallest absolute Gasteiger partial charge is 0.331 e. The summed E-state index contributed by atoms with van der Waals surface area (Å²) >= 11 is 0. The van der Waals surface area contributed by atoms with Gasteiger partial charge < -0.3 is 14.8 Å². The highest BCUT2D eigenvalue weighted by Gasteiger charge is 2.17. The molecule has 0 aliphatic carbocycles. The zero-order valence-corrected chi connectivity index (χ0v) is 15.5. The minimum absolute atomic E-state index is 0.0880. The maximum atomic E-state index is 12.1. The summed E-state index contributed by atoms with van der Waals surface area (Å²) in [5.74, 6) is -0.596. The predicted octanol–water partition coefficient (Wildman–Crippen LogP) is 3.58. The molecule has 28 heavy (non-hydrogen) atoms. The molecule has 0 bridgehead atoms. The SMILES string of the molecule is CCOc1ccccc1/C=C/C(=O)OC(C)C(=O)Nc1ccc([N+](=O)[O-])cc1. The number of carbonyl (C=O) groups is 2. The van der Waals surface area contributed by atoms with E-state index in [1.165, 1.54) is 37.3 Å². The molecule has 0 aliphatic rings. The topological polar surface area (TPSA) is 108 Å². The highest BCUT2D eigenvalue weighted by Crippen LogP contribution is 2.19. The summed E-state index contributed by atoms with van der Waals surface area (Å²) in [6.45, 7) is 3.79. The van der Waals surface area contributed by atoms with Crippen molar-refractivity contribution < 1.29 is 24.0 Å². The first kappa shape index (κ1) is 20.6. The molecule has 0 saturated carbocycles. The molecule has 2 aromatic carbocycles. The number of non-ortho nitro benzene ring substituents is 1. The fraction of sp³-hybridized carbons (Fsp3) is 0.200. The summed E-state index contributed by atoms with van der Waals surface area (Å²) in [6, 6.07) is 12.5. The van der Waals surface area contributed by atoms with E-state index >= 15 is 0 Å². The van der Waals surface area contributed by atoms with Gasteiger partial charge in [0.05, 0.1) is 11.5 Å². The van der Waals surface area contributed by atoms with E-state index in [1.807, 2.05) is 19.1 Å². The summed E-state index contributed by atoms with van der Waals surface area (Å²) in [6.07, 6.45) is 1.72. The Morgan fingerprint density at radius 2 is 1.86 bits per heavy atom. The number of para-hydroxylation sites is 1. The summed E-state index contributed by atoms with van der Waals surface area (Å²) in [5, 5.41) is 13.2. The Morgan fingerprint density at radius 1 is 1.18 bits per heavy atom. The highest BCUT2D eigenvalue weighted by molar-refractivity contribution is 5.96. The Morgan fingerprint density at radius 3 is 2.50 bits per heavy atom. The molecule has 0 fully saturated rings. The van der Waals surface area contributed by atoms with Crippen LogP contribution in [0.25, 0.3) is 6.08 Å². The second-order valence-electron chi connectivity index (χ2n) is 5.68. The number of nitro groups is 1. The molecule has 8 nitrogen and oxygen atoms in total. The third-order valence-corrected chi connectivity index (χ3v) is 3.63. The molecule has 0 spiro atoms. The number of rotatable bonds is 8. The lowest BCUT2D eigenvalue weighted by Crippen LogP contribution is -2.29. The lowest BCUT2D eigenvalue weighted by molar-refractivity contribution is -0.384. The van der Waals surface area contributed by atoms with Crippen LogP contribution in [0.5, 0.6) is 5.75 Å². The predicted molar refractivity (Wildman–Crippen MR) is 104 cm³/mol. The van der Waals surface area contributed by atoms with Gasteiger partial charge in [-0.3, -0.25) is 14.9 Å². The van der Waals surface area contributed by atoms with Crippen LogP contribution in [-0.4, -0.2) is 29.5 Å². The Bertz CT molecular complexity index is 877. The third-order valence-electron chi connectivity index (χ3n) is 3.63. The van der Waals surface area contributed by atoms with Crippen molar-refractivity contribution in [1.29, 1.82) is 0 Å². The van der Waals surface area contributed by atoms with Crippen molar-refractivity contribution >= 4 is 29.3 Å². The lowest BCUT2D eigenvalue weighted by Gasteiger charge is -2.12. The van der Waals surface area contributed by atoms with Crippen LogP contribution in [-0.2, 0) is 14.3 Å². The van der Waals surface area contributed by atoms with E-state index in [1.54, 1.807) is 18.2 Å². The minimum atomic E-state index is -1.05. The molecule has 2 rings (SSSR count). The number of nitrogens with one attached hydrogen (secondary N) is 1. The number of carbonyl (C=O) groups excluding carboxylic acids is 2. The van der Waals surface area contributed by atoms with Gasteiger partial charge in [-0.05, 0) is 38.1 Å². The van der Waals surface area contributed by atoms with E-state index in [4.69, 9.17) is 9.47 Å². The van der Waals surface area contributed by atoms with Gasteiger partial charge in [0.25, 0.3) is 11.6 Å². The van der Waals surface area contributed by atoms with Crippen LogP contribution >= 0.6 is 0 Å².